The topological polar surface area (TPSA) is 92.2 Å². The molecule has 5 rings (SSSR count). The number of barbiturate groups is 1. The molecule has 10 heteroatoms. The van der Waals surface area contributed by atoms with Crippen LogP contribution in [0, 0.1) is 11.3 Å². The zero-order valence-corrected chi connectivity index (χ0v) is 22.2. The van der Waals surface area contributed by atoms with E-state index in [2.05, 4.69) is 20.8 Å². The number of piperidine rings is 1. The SMILES string of the molecule is COc1ccc(Br)cc1CC1(CN2C[C@@H]3C[C@@H](C2)c2cccc(=O)n2C3)C(=O)N(C)C(=O)N(C)C1=O. The Hall–Kier alpha value is -2.98. The first kappa shape index (κ1) is 24.7. The molecular weight excluding hydrogens is 528 g/mol. The van der Waals surface area contributed by atoms with E-state index in [-0.39, 0.29) is 30.4 Å². The van der Waals surface area contributed by atoms with Crippen LogP contribution in [-0.2, 0) is 22.6 Å². The standard InChI is InChI=1S/C26H29BrN4O5/c1-28-23(33)26(24(34)29(2)25(28)35,11-17-10-19(27)7-8-21(17)36-3)15-30-12-16-9-18(14-30)20-5-4-6-22(32)31(20)13-16/h4-8,10,16,18H,9,11-15H2,1-3H3/t16-,18-/m0/s1. The number of pyridine rings is 1. The van der Waals surface area contributed by atoms with E-state index in [0.29, 0.717) is 30.9 Å². The van der Waals surface area contributed by atoms with Gasteiger partial charge in [-0.05, 0) is 42.2 Å². The summed E-state index contributed by atoms with van der Waals surface area (Å²) in [7, 11) is 4.40. The number of carbonyl (C=O) groups excluding carboxylic acids is 3. The van der Waals surface area contributed by atoms with Gasteiger partial charge in [-0.1, -0.05) is 22.0 Å². The van der Waals surface area contributed by atoms with Crippen LogP contribution in [0.2, 0.25) is 0 Å². The number of fused-ring (bicyclic) bond motifs is 4. The highest BCUT2D eigenvalue weighted by atomic mass is 79.9. The van der Waals surface area contributed by atoms with Gasteiger partial charge in [0.15, 0.2) is 0 Å². The van der Waals surface area contributed by atoms with Gasteiger partial charge in [0.05, 0.1) is 7.11 Å². The molecule has 2 atom stereocenters. The lowest BCUT2D eigenvalue weighted by Crippen LogP contribution is -2.67. The fourth-order valence-corrected chi connectivity index (χ4v) is 6.60. The van der Waals surface area contributed by atoms with Crippen LogP contribution in [0.5, 0.6) is 5.75 Å². The number of aromatic nitrogens is 1. The van der Waals surface area contributed by atoms with Crippen molar-refractivity contribution in [3.63, 3.8) is 0 Å². The predicted molar refractivity (Wildman–Crippen MR) is 136 cm³/mol. The first-order chi connectivity index (χ1) is 17.1. The Balaban J connectivity index is 1.54. The minimum absolute atomic E-state index is 0.00766. The summed E-state index contributed by atoms with van der Waals surface area (Å²) in [5, 5.41) is 0. The van der Waals surface area contributed by atoms with Gasteiger partial charge in [-0.2, -0.15) is 0 Å². The lowest BCUT2D eigenvalue weighted by atomic mass is 9.75. The summed E-state index contributed by atoms with van der Waals surface area (Å²) in [6.07, 6.45) is 1.06. The number of likely N-dealkylation sites (tertiary alicyclic amines) is 1. The van der Waals surface area contributed by atoms with Crippen molar-refractivity contribution >= 4 is 33.8 Å². The number of nitrogens with zero attached hydrogens (tertiary/aromatic N) is 4. The fourth-order valence-electron chi connectivity index (χ4n) is 6.19. The Morgan fingerprint density at radius 2 is 1.72 bits per heavy atom. The summed E-state index contributed by atoms with van der Waals surface area (Å²) in [6.45, 7) is 2.08. The Morgan fingerprint density at radius 1 is 1.00 bits per heavy atom. The van der Waals surface area contributed by atoms with Crippen molar-refractivity contribution in [1.29, 1.82) is 0 Å². The smallest absolute Gasteiger partial charge is 0.332 e. The van der Waals surface area contributed by atoms with Crippen LogP contribution in [0.4, 0.5) is 4.79 Å². The molecule has 0 saturated carbocycles. The molecule has 0 aliphatic carbocycles. The maximum Gasteiger partial charge on any atom is 0.332 e. The van der Waals surface area contributed by atoms with Crippen LogP contribution >= 0.6 is 15.9 Å². The first-order valence-corrected chi connectivity index (χ1v) is 12.8. The number of benzene rings is 1. The number of amides is 4. The van der Waals surface area contributed by atoms with Crippen LogP contribution in [-0.4, -0.2) is 78.0 Å². The average molecular weight is 557 g/mol. The molecule has 4 heterocycles. The molecule has 1 aromatic carbocycles. The van der Waals surface area contributed by atoms with E-state index in [0.717, 1.165) is 26.4 Å². The third-order valence-electron chi connectivity index (χ3n) is 7.79. The highest BCUT2D eigenvalue weighted by molar-refractivity contribution is 9.10. The lowest BCUT2D eigenvalue weighted by Gasteiger charge is -2.48. The first-order valence-electron chi connectivity index (χ1n) is 12.0. The number of halogens is 1. The molecule has 36 heavy (non-hydrogen) atoms. The quantitative estimate of drug-likeness (QED) is 0.525. The van der Waals surface area contributed by atoms with Crippen LogP contribution in [0.3, 0.4) is 0 Å². The third kappa shape index (κ3) is 3.96. The molecule has 1 aromatic heterocycles. The van der Waals surface area contributed by atoms with Gasteiger partial charge in [0.2, 0.25) is 11.8 Å². The molecule has 3 aliphatic rings. The number of urea groups is 1. The van der Waals surface area contributed by atoms with E-state index < -0.39 is 23.3 Å². The molecule has 0 N–H and O–H groups in total. The number of rotatable bonds is 5. The van der Waals surface area contributed by atoms with E-state index in [4.69, 9.17) is 4.74 Å². The second-order valence-corrected chi connectivity index (χ2v) is 11.0. The van der Waals surface area contributed by atoms with Crippen LogP contribution in [0.1, 0.15) is 23.6 Å². The Bertz CT molecular complexity index is 1280. The minimum atomic E-state index is -1.49. The number of ether oxygens (including phenoxy) is 1. The highest BCUT2D eigenvalue weighted by Gasteiger charge is 2.57. The van der Waals surface area contributed by atoms with Crippen molar-refractivity contribution in [3.8, 4) is 5.75 Å². The normalized spacial score (nSPS) is 23.6. The molecule has 0 radical (unpaired) electrons. The number of hydrogen-bond donors (Lipinski definition) is 0. The summed E-state index contributed by atoms with van der Waals surface area (Å²) in [5.74, 6) is -0.0754. The summed E-state index contributed by atoms with van der Waals surface area (Å²) < 4.78 is 8.21. The van der Waals surface area contributed by atoms with Crippen LogP contribution in [0.25, 0.3) is 0 Å². The van der Waals surface area contributed by atoms with Crippen LogP contribution in [0.15, 0.2) is 45.7 Å². The molecule has 0 unspecified atom stereocenters. The maximum absolute atomic E-state index is 13.8. The van der Waals surface area contributed by atoms with Crippen molar-refractivity contribution in [2.45, 2.75) is 25.3 Å². The molecule has 2 aromatic rings. The highest BCUT2D eigenvalue weighted by Crippen LogP contribution is 2.40. The van der Waals surface area contributed by atoms with Crippen molar-refractivity contribution in [1.82, 2.24) is 19.3 Å². The Kier molecular flexibility index (Phi) is 6.28. The van der Waals surface area contributed by atoms with Crippen molar-refractivity contribution in [2.24, 2.45) is 11.3 Å². The largest absolute Gasteiger partial charge is 0.496 e. The van der Waals surface area contributed by atoms with E-state index >= 15 is 0 Å². The predicted octanol–water partition coefficient (Wildman–Crippen LogP) is 2.32. The summed E-state index contributed by atoms with van der Waals surface area (Å²) >= 11 is 3.49. The summed E-state index contributed by atoms with van der Waals surface area (Å²) in [6, 6.07) is 10.2. The van der Waals surface area contributed by atoms with Gasteiger partial charge >= 0.3 is 6.03 Å². The van der Waals surface area contributed by atoms with Gasteiger partial charge in [0.1, 0.15) is 11.2 Å². The number of hydrogen-bond acceptors (Lipinski definition) is 6. The maximum atomic E-state index is 13.8. The van der Waals surface area contributed by atoms with Gasteiger partial charge in [-0.3, -0.25) is 24.2 Å². The molecule has 190 valence electrons. The van der Waals surface area contributed by atoms with Gasteiger partial charge in [-0.15, -0.1) is 0 Å². The second kappa shape index (κ2) is 9.15. The van der Waals surface area contributed by atoms with Gasteiger partial charge in [0.25, 0.3) is 5.56 Å². The molecule has 9 nitrogen and oxygen atoms in total. The van der Waals surface area contributed by atoms with E-state index in [1.54, 1.807) is 25.3 Å². The molecule has 4 amide bonds. The summed E-state index contributed by atoms with van der Waals surface area (Å²) in [4.78, 5) is 56.9. The second-order valence-electron chi connectivity index (χ2n) is 10.1. The average Bonchev–Trinajstić information content (AvgIpc) is 2.86. The molecule has 2 bridgehead atoms. The Morgan fingerprint density at radius 3 is 2.42 bits per heavy atom. The fraction of sp³-hybridized carbons (Fsp3) is 0.462. The molecule has 3 aliphatic heterocycles. The zero-order chi connectivity index (χ0) is 25.8. The lowest BCUT2D eigenvalue weighted by molar-refractivity contribution is -0.159. The Labute approximate surface area is 217 Å². The number of methoxy groups -OCH3 is 1. The molecule has 0 spiro atoms. The minimum Gasteiger partial charge on any atom is -0.496 e. The van der Waals surface area contributed by atoms with E-state index in [1.807, 2.05) is 22.8 Å². The van der Waals surface area contributed by atoms with Gasteiger partial charge < -0.3 is 14.2 Å². The summed E-state index contributed by atoms with van der Waals surface area (Å²) in [5.41, 5.74) is 0.219. The monoisotopic (exact) mass is 556 g/mol. The molecule has 2 saturated heterocycles. The van der Waals surface area contributed by atoms with Crippen LogP contribution < -0.4 is 10.3 Å². The zero-order valence-electron chi connectivity index (χ0n) is 20.6. The molecular formula is C26H29BrN4O5. The van der Waals surface area contributed by atoms with Crippen molar-refractivity contribution < 1.29 is 19.1 Å². The van der Waals surface area contributed by atoms with Gasteiger partial charge in [-0.25, -0.2) is 4.79 Å². The van der Waals surface area contributed by atoms with E-state index in [9.17, 15) is 19.2 Å². The van der Waals surface area contributed by atoms with E-state index in [1.165, 1.54) is 14.1 Å². The number of carbonyl (C=O) groups is 3. The van der Waals surface area contributed by atoms with Crippen molar-refractivity contribution in [2.75, 3.05) is 40.8 Å². The third-order valence-corrected chi connectivity index (χ3v) is 8.28. The molecule has 2 fully saturated rings. The van der Waals surface area contributed by atoms with Gasteiger partial charge in [0, 0.05) is 68.8 Å². The number of imide groups is 2. The van der Waals surface area contributed by atoms with Crippen molar-refractivity contribution in [3.05, 3.63) is 62.5 Å².